The summed E-state index contributed by atoms with van der Waals surface area (Å²) in [4.78, 5) is 25.5. The first-order chi connectivity index (χ1) is 12.5. The van der Waals surface area contributed by atoms with E-state index in [1.165, 1.54) is 18.2 Å². The number of amides is 1. The van der Waals surface area contributed by atoms with Crippen LogP contribution in [0.25, 0.3) is 0 Å². The molecule has 0 spiro atoms. The molecular formula is C19H22ClNO4S. The number of esters is 1. The molecule has 3 rings (SSSR count). The van der Waals surface area contributed by atoms with Gasteiger partial charge in [0.1, 0.15) is 16.8 Å². The van der Waals surface area contributed by atoms with Crippen LogP contribution in [0.3, 0.4) is 0 Å². The van der Waals surface area contributed by atoms with Crippen LogP contribution >= 0.6 is 23.4 Å². The van der Waals surface area contributed by atoms with Gasteiger partial charge in [0.25, 0.3) is 5.91 Å². The predicted molar refractivity (Wildman–Crippen MR) is 103 cm³/mol. The molecule has 0 radical (unpaired) electrons. The number of carbonyl (C=O) groups is 2. The Labute approximate surface area is 162 Å². The van der Waals surface area contributed by atoms with Crippen molar-refractivity contribution in [2.75, 3.05) is 17.7 Å². The molecule has 1 amide bonds. The lowest BCUT2D eigenvalue weighted by Crippen LogP contribution is -2.21. The van der Waals surface area contributed by atoms with Crippen molar-refractivity contribution in [2.45, 2.75) is 45.1 Å². The van der Waals surface area contributed by atoms with E-state index < -0.39 is 5.97 Å². The van der Waals surface area contributed by atoms with Gasteiger partial charge in [0.15, 0.2) is 0 Å². The molecule has 1 aromatic carbocycles. The first-order valence-corrected chi connectivity index (χ1v) is 10.2. The molecule has 5 nitrogen and oxygen atoms in total. The topological polar surface area (TPSA) is 64.6 Å². The normalized spacial score (nSPS) is 18.2. The molecule has 0 bridgehead atoms. The van der Waals surface area contributed by atoms with E-state index in [1.54, 1.807) is 25.1 Å². The molecule has 0 unspecified atom stereocenters. The molecule has 0 atom stereocenters. The molecule has 0 saturated heterocycles. The summed E-state index contributed by atoms with van der Waals surface area (Å²) < 4.78 is 11.0. The number of ether oxygens (including phenoxy) is 2. The Morgan fingerprint density at radius 2 is 2.04 bits per heavy atom. The van der Waals surface area contributed by atoms with Crippen LogP contribution in [0, 0.1) is 0 Å². The predicted octanol–water partition coefficient (Wildman–Crippen LogP) is 4.76. The summed E-state index contributed by atoms with van der Waals surface area (Å²) in [6, 6.07) is 4.83. The van der Waals surface area contributed by atoms with Gasteiger partial charge in [-0.25, -0.2) is 4.79 Å². The summed E-state index contributed by atoms with van der Waals surface area (Å²) in [5.74, 6) is 0.661. The maximum absolute atomic E-state index is 12.5. The van der Waals surface area contributed by atoms with Crippen molar-refractivity contribution in [3.05, 3.63) is 39.4 Å². The summed E-state index contributed by atoms with van der Waals surface area (Å²) in [5.41, 5.74) is 0.773. The molecule has 1 heterocycles. The quantitative estimate of drug-likeness (QED) is 0.744. The molecule has 26 heavy (non-hydrogen) atoms. The van der Waals surface area contributed by atoms with Gasteiger partial charge in [-0.1, -0.05) is 18.0 Å². The number of thioether (sulfide) groups is 1. The first kappa shape index (κ1) is 19.1. The van der Waals surface area contributed by atoms with Gasteiger partial charge in [0.05, 0.1) is 17.2 Å². The highest BCUT2D eigenvalue weighted by atomic mass is 35.5. The van der Waals surface area contributed by atoms with Crippen molar-refractivity contribution >= 4 is 40.9 Å². The Kier molecular flexibility index (Phi) is 6.48. The van der Waals surface area contributed by atoms with Gasteiger partial charge in [-0.3, -0.25) is 4.79 Å². The lowest BCUT2D eigenvalue weighted by atomic mass is 9.98. The van der Waals surface area contributed by atoms with Crippen LogP contribution in [-0.2, 0) is 14.3 Å². The number of benzene rings is 1. The van der Waals surface area contributed by atoms with Crippen LogP contribution in [-0.4, -0.2) is 30.3 Å². The zero-order chi connectivity index (χ0) is 18.5. The van der Waals surface area contributed by atoms with Gasteiger partial charge in [-0.15, -0.1) is 11.8 Å². The number of hydrogen-bond acceptors (Lipinski definition) is 5. The molecule has 0 aromatic heterocycles. The summed E-state index contributed by atoms with van der Waals surface area (Å²) in [6.45, 7) is 2.38. The van der Waals surface area contributed by atoms with E-state index in [0.29, 0.717) is 28.0 Å². The second-order valence-corrected chi connectivity index (χ2v) is 7.91. The third kappa shape index (κ3) is 4.74. The Hall–Kier alpha value is -1.66. The zero-order valence-corrected chi connectivity index (χ0v) is 16.3. The van der Waals surface area contributed by atoms with Crippen LogP contribution < -0.4 is 5.32 Å². The van der Waals surface area contributed by atoms with Gasteiger partial charge in [-0.05, 0) is 50.8 Å². The van der Waals surface area contributed by atoms with Crippen molar-refractivity contribution in [3.63, 3.8) is 0 Å². The SMILES string of the molecule is CC1=C(C(=O)Nc2ccc(Cl)c(C(=O)OC3CCCCC3)c2)SCCO1. The maximum Gasteiger partial charge on any atom is 0.340 e. The summed E-state index contributed by atoms with van der Waals surface area (Å²) in [5, 5.41) is 3.12. The number of anilines is 1. The van der Waals surface area contributed by atoms with E-state index >= 15 is 0 Å². The summed E-state index contributed by atoms with van der Waals surface area (Å²) >= 11 is 7.63. The third-order valence-electron chi connectivity index (χ3n) is 4.44. The average Bonchev–Trinajstić information content (AvgIpc) is 2.64. The fourth-order valence-corrected chi connectivity index (χ4v) is 4.09. The molecule has 1 aliphatic heterocycles. The average molecular weight is 396 g/mol. The number of rotatable bonds is 4. The molecule has 7 heteroatoms. The van der Waals surface area contributed by atoms with Gasteiger partial charge in [0, 0.05) is 11.4 Å². The van der Waals surface area contributed by atoms with Crippen molar-refractivity contribution in [1.82, 2.24) is 0 Å². The number of nitrogens with one attached hydrogen (secondary N) is 1. The molecule has 2 aliphatic rings. The number of hydrogen-bond donors (Lipinski definition) is 1. The summed E-state index contributed by atoms with van der Waals surface area (Å²) in [6.07, 6.45) is 5.09. The van der Waals surface area contributed by atoms with E-state index in [9.17, 15) is 9.59 Å². The van der Waals surface area contributed by atoms with Crippen molar-refractivity contribution in [3.8, 4) is 0 Å². The Morgan fingerprint density at radius 3 is 2.77 bits per heavy atom. The van der Waals surface area contributed by atoms with Gasteiger partial charge >= 0.3 is 5.97 Å². The van der Waals surface area contributed by atoms with Crippen LogP contribution in [0.2, 0.25) is 5.02 Å². The molecular weight excluding hydrogens is 374 g/mol. The Balaban J connectivity index is 1.70. The third-order valence-corrected chi connectivity index (χ3v) is 5.91. The second-order valence-electron chi connectivity index (χ2n) is 6.40. The van der Waals surface area contributed by atoms with E-state index in [1.807, 2.05) is 0 Å². The Bertz CT molecular complexity index is 728. The number of halogens is 1. The minimum absolute atomic E-state index is 0.0471. The largest absolute Gasteiger partial charge is 0.496 e. The van der Waals surface area contributed by atoms with Crippen LogP contribution in [0.15, 0.2) is 28.9 Å². The van der Waals surface area contributed by atoms with Crippen molar-refractivity contribution in [2.24, 2.45) is 0 Å². The molecule has 1 saturated carbocycles. The molecule has 1 N–H and O–H groups in total. The Morgan fingerprint density at radius 1 is 1.27 bits per heavy atom. The summed E-state index contributed by atoms with van der Waals surface area (Å²) in [7, 11) is 0. The lowest BCUT2D eigenvalue weighted by molar-refractivity contribution is -0.112. The van der Waals surface area contributed by atoms with Crippen molar-refractivity contribution < 1.29 is 19.1 Å². The van der Waals surface area contributed by atoms with E-state index in [0.717, 1.165) is 31.4 Å². The fourth-order valence-electron chi connectivity index (χ4n) is 3.08. The molecule has 1 aromatic rings. The maximum atomic E-state index is 12.5. The lowest BCUT2D eigenvalue weighted by Gasteiger charge is -2.22. The highest BCUT2D eigenvalue weighted by molar-refractivity contribution is 8.04. The fraction of sp³-hybridized carbons (Fsp3) is 0.474. The number of allylic oxidation sites excluding steroid dienone is 1. The van der Waals surface area contributed by atoms with Gasteiger partial charge < -0.3 is 14.8 Å². The molecule has 1 fully saturated rings. The van der Waals surface area contributed by atoms with Crippen LogP contribution in [0.4, 0.5) is 5.69 Å². The van der Waals surface area contributed by atoms with E-state index in [4.69, 9.17) is 21.1 Å². The smallest absolute Gasteiger partial charge is 0.340 e. The highest BCUT2D eigenvalue weighted by Crippen LogP contribution is 2.28. The second kappa shape index (κ2) is 8.82. The standard InChI is InChI=1S/C19H22ClNO4S/c1-12-17(26-10-9-24-12)18(22)21-13-7-8-16(20)15(11-13)19(23)25-14-5-3-2-4-6-14/h7-8,11,14H,2-6,9-10H2,1H3,(H,21,22). The van der Waals surface area contributed by atoms with Crippen molar-refractivity contribution in [1.29, 1.82) is 0 Å². The molecule has 1 aliphatic carbocycles. The monoisotopic (exact) mass is 395 g/mol. The van der Waals surface area contributed by atoms with E-state index in [2.05, 4.69) is 5.32 Å². The molecule has 140 valence electrons. The number of carbonyl (C=O) groups excluding carboxylic acids is 2. The highest BCUT2D eigenvalue weighted by Gasteiger charge is 2.22. The van der Waals surface area contributed by atoms with Crippen LogP contribution in [0.5, 0.6) is 0 Å². The van der Waals surface area contributed by atoms with E-state index in [-0.39, 0.29) is 17.6 Å². The van der Waals surface area contributed by atoms with Crippen LogP contribution in [0.1, 0.15) is 49.4 Å². The van der Waals surface area contributed by atoms with Gasteiger partial charge in [-0.2, -0.15) is 0 Å². The zero-order valence-electron chi connectivity index (χ0n) is 14.7. The minimum Gasteiger partial charge on any atom is -0.496 e. The van der Waals surface area contributed by atoms with Gasteiger partial charge in [0.2, 0.25) is 0 Å². The first-order valence-electron chi connectivity index (χ1n) is 8.83. The minimum atomic E-state index is -0.441.